The predicted octanol–water partition coefficient (Wildman–Crippen LogP) is 5.23. The van der Waals surface area contributed by atoms with Crippen molar-refractivity contribution >= 4 is 0 Å². The van der Waals surface area contributed by atoms with Gasteiger partial charge < -0.3 is 0 Å². The molecule has 1 heterocycles. The van der Waals surface area contributed by atoms with E-state index in [0.717, 1.165) is 41.9 Å². The van der Waals surface area contributed by atoms with Gasteiger partial charge in [-0.15, -0.1) is 0 Å². The number of para-hydroxylation sites is 1. The van der Waals surface area contributed by atoms with E-state index in [1.807, 2.05) is 63.7 Å². The first-order valence-electron chi connectivity index (χ1n) is 10.2. The van der Waals surface area contributed by atoms with Crippen LogP contribution in [0, 0.1) is 0 Å². The third kappa shape index (κ3) is 4.09. The summed E-state index contributed by atoms with van der Waals surface area (Å²) in [5.41, 5.74) is 5.54. The van der Waals surface area contributed by atoms with Crippen molar-refractivity contribution < 1.29 is 0 Å². The second-order valence-electron chi connectivity index (χ2n) is 7.33. The number of rotatable bonds is 7. The molecule has 0 aliphatic heterocycles. The fraction of sp³-hybridized carbons (Fsp3) is 0.192. The van der Waals surface area contributed by atoms with E-state index in [2.05, 4.69) is 43.3 Å². The highest BCUT2D eigenvalue weighted by molar-refractivity contribution is 5.38. The summed E-state index contributed by atoms with van der Waals surface area (Å²) in [5, 5.41) is 0. The Kier molecular flexibility index (Phi) is 5.76. The summed E-state index contributed by atoms with van der Waals surface area (Å²) < 4.78 is 3.87. The maximum absolute atomic E-state index is 13.6. The lowest BCUT2D eigenvalue weighted by Gasteiger charge is -2.11. The van der Waals surface area contributed by atoms with Crippen LogP contribution >= 0.6 is 0 Å². The Morgan fingerprint density at radius 2 is 1.24 bits per heavy atom. The van der Waals surface area contributed by atoms with E-state index in [0.29, 0.717) is 6.54 Å². The molecular formula is C26H26N2O. The maximum Gasteiger partial charge on any atom is 0.333 e. The molecule has 3 nitrogen and oxygen atoms in total. The smallest absolute Gasteiger partial charge is 0.291 e. The molecule has 0 N–H and O–H groups in total. The van der Waals surface area contributed by atoms with E-state index in [4.69, 9.17) is 0 Å². The van der Waals surface area contributed by atoms with Gasteiger partial charge in [-0.1, -0.05) is 92.2 Å². The van der Waals surface area contributed by atoms with E-state index < -0.39 is 0 Å². The standard InChI is InChI=1S/C26H26N2O/c1-2-12-24-25(19-21-13-6-3-7-14-21)28(23-17-10-5-11-18-23)26(29)27(24)20-22-15-8-4-9-16-22/h3-11,13-18H,2,12,19-20H2,1H3. The van der Waals surface area contributed by atoms with Gasteiger partial charge in [-0.3, -0.25) is 9.13 Å². The summed E-state index contributed by atoms with van der Waals surface area (Å²) in [5.74, 6) is 0. The minimum Gasteiger partial charge on any atom is -0.291 e. The van der Waals surface area contributed by atoms with Crippen LogP contribution < -0.4 is 5.69 Å². The zero-order valence-corrected chi connectivity index (χ0v) is 16.8. The van der Waals surface area contributed by atoms with Crippen molar-refractivity contribution in [2.75, 3.05) is 0 Å². The van der Waals surface area contributed by atoms with Gasteiger partial charge in [0.25, 0.3) is 0 Å². The molecule has 146 valence electrons. The van der Waals surface area contributed by atoms with Crippen LogP contribution in [0.3, 0.4) is 0 Å². The molecule has 3 heteroatoms. The van der Waals surface area contributed by atoms with Crippen molar-refractivity contribution in [3.05, 3.63) is 124 Å². The second kappa shape index (κ2) is 8.78. The van der Waals surface area contributed by atoms with Crippen LogP contribution in [-0.2, 0) is 19.4 Å². The summed E-state index contributed by atoms with van der Waals surface area (Å²) in [6.45, 7) is 2.76. The van der Waals surface area contributed by atoms with Crippen molar-refractivity contribution in [1.29, 1.82) is 0 Å². The maximum atomic E-state index is 13.6. The quantitative estimate of drug-likeness (QED) is 0.430. The molecule has 0 atom stereocenters. The number of imidazole rings is 1. The van der Waals surface area contributed by atoms with E-state index >= 15 is 0 Å². The Bertz CT molecular complexity index is 1110. The van der Waals surface area contributed by atoms with Crippen LogP contribution in [-0.4, -0.2) is 9.13 Å². The van der Waals surface area contributed by atoms with Crippen molar-refractivity contribution in [3.8, 4) is 5.69 Å². The molecule has 0 spiro atoms. The molecule has 0 fully saturated rings. The summed E-state index contributed by atoms with van der Waals surface area (Å²) in [6.07, 6.45) is 2.61. The first-order valence-corrected chi connectivity index (χ1v) is 10.2. The first-order chi connectivity index (χ1) is 14.3. The fourth-order valence-electron chi connectivity index (χ4n) is 3.90. The van der Waals surface area contributed by atoms with E-state index in [1.54, 1.807) is 0 Å². The lowest BCUT2D eigenvalue weighted by Crippen LogP contribution is -2.25. The summed E-state index contributed by atoms with van der Waals surface area (Å²) in [4.78, 5) is 13.6. The molecule has 0 saturated heterocycles. The number of nitrogens with zero attached hydrogens (tertiary/aromatic N) is 2. The summed E-state index contributed by atoms with van der Waals surface area (Å²) in [7, 11) is 0. The van der Waals surface area contributed by atoms with Gasteiger partial charge in [0.1, 0.15) is 0 Å². The fourth-order valence-corrected chi connectivity index (χ4v) is 3.90. The van der Waals surface area contributed by atoms with Gasteiger partial charge >= 0.3 is 5.69 Å². The average molecular weight is 383 g/mol. The predicted molar refractivity (Wildman–Crippen MR) is 119 cm³/mol. The minimum atomic E-state index is 0.0365. The molecule has 0 aliphatic carbocycles. The Morgan fingerprint density at radius 1 is 0.690 bits per heavy atom. The molecule has 29 heavy (non-hydrogen) atoms. The SMILES string of the molecule is CCCc1c(Cc2ccccc2)n(-c2ccccc2)c(=O)n1Cc1ccccc1. The lowest BCUT2D eigenvalue weighted by molar-refractivity contribution is 0.690. The normalized spacial score (nSPS) is 10.9. The molecule has 4 rings (SSSR count). The lowest BCUT2D eigenvalue weighted by atomic mass is 10.1. The van der Waals surface area contributed by atoms with Crippen LogP contribution in [0.2, 0.25) is 0 Å². The zero-order chi connectivity index (χ0) is 20.1. The van der Waals surface area contributed by atoms with Crippen LogP contribution in [0.5, 0.6) is 0 Å². The van der Waals surface area contributed by atoms with Gasteiger partial charge in [0.2, 0.25) is 0 Å². The van der Waals surface area contributed by atoms with Crippen LogP contribution in [0.4, 0.5) is 0 Å². The van der Waals surface area contributed by atoms with Crippen molar-refractivity contribution in [1.82, 2.24) is 9.13 Å². The van der Waals surface area contributed by atoms with Gasteiger partial charge in [-0.25, -0.2) is 4.79 Å². The molecular weight excluding hydrogens is 356 g/mol. The molecule has 4 aromatic rings. The molecule has 0 aliphatic rings. The highest BCUT2D eigenvalue weighted by Crippen LogP contribution is 2.21. The number of hydrogen-bond acceptors (Lipinski definition) is 1. The van der Waals surface area contributed by atoms with Gasteiger partial charge in [0.15, 0.2) is 0 Å². The molecule has 3 aromatic carbocycles. The third-order valence-electron chi connectivity index (χ3n) is 5.25. The molecule has 0 unspecified atom stereocenters. The first kappa shape index (κ1) is 19.0. The Labute approximate surface area is 171 Å². The Hall–Kier alpha value is -3.33. The van der Waals surface area contributed by atoms with Crippen LogP contribution in [0.1, 0.15) is 35.9 Å². The van der Waals surface area contributed by atoms with Gasteiger partial charge in [0, 0.05) is 12.1 Å². The minimum absolute atomic E-state index is 0.0365. The van der Waals surface area contributed by atoms with Gasteiger partial charge in [-0.2, -0.15) is 0 Å². The third-order valence-corrected chi connectivity index (χ3v) is 5.25. The van der Waals surface area contributed by atoms with Crippen molar-refractivity contribution in [2.45, 2.75) is 32.7 Å². The van der Waals surface area contributed by atoms with Crippen molar-refractivity contribution in [2.24, 2.45) is 0 Å². The topological polar surface area (TPSA) is 26.9 Å². The molecule has 0 saturated carbocycles. The number of hydrogen-bond donors (Lipinski definition) is 0. The molecule has 0 radical (unpaired) electrons. The highest BCUT2D eigenvalue weighted by Gasteiger charge is 2.20. The second-order valence-corrected chi connectivity index (χ2v) is 7.33. The Balaban J connectivity index is 1.90. The molecule has 0 amide bonds. The number of benzene rings is 3. The van der Waals surface area contributed by atoms with E-state index in [-0.39, 0.29) is 5.69 Å². The Morgan fingerprint density at radius 3 is 1.83 bits per heavy atom. The summed E-state index contributed by atoms with van der Waals surface area (Å²) in [6, 6.07) is 30.6. The largest absolute Gasteiger partial charge is 0.333 e. The highest BCUT2D eigenvalue weighted by atomic mass is 16.1. The monoisotopic (exact) mass is 382 g/mol. The summed E-state index contributed by atoms with van der Waals surface area (Å²) >= 11 is 0. The molecule has 0 bridgehead atoms. The van der Waals surface area contributed by atoms with Crippen LogP contribution in [0.15, 0.2) is 95.8 Å². The average Bonchev–Trinajstić information content (AvgIpc) is 3.01. The van der Waals surface area contributed by atoms with Gasteiger partial charge in [-0.05, 0) is 29.7 Å². The zero-order valence-electron chi connectivity index (χ0n) is 16.8. The number of aromatic nitrogens is 2. The van der Waals surface area contributed by atoms with E-state index in [9.17, 15) is 4.79 Å². The van der Waals surface area contributed by atoms with Crippen molar-refractivity contribution in [3.63, 3.8) is 0 Å². The van der Waals surface area contributed by atoms with E-state index in [1.165, 1.54) is 5.56 Å². The molecule has 1 aromatic heterocycles. The van der Waals surface area contributed by atoms with Gasteiger partial charge in [0.05, 0.1) is 17.9 Å². The van der Waals surface area contributed by atoms with Crippen LogP contribution in [0.25, 0.3) is 5.69 Å².